The smallest absolute Gasteiger partial charge is 0.250 e. The molecular formula is C15H15ClN2O3. The average molecular weight is 307 g/mol. The number of aliphatic hydroxyl groups excluding tert-OH is 1. The highest BCUT2D eigenvalue weighted by Gasteiger charge is 2.10. The molecule has 2 aromatic rings. The van der Waals surface area contributed by atoms with E-state index in [0.29, 0.717) is 28.8 Å². The molecule has 1 amide bonds. The maximum absolute atomic E-state index is 11.1. The second-order valence-electron chi connectivity index (χ2n) is 4.35. The van der Waals surface area contributed by atoms with Crippen molar-refractivity contribution in [1.29, 1.82) is 0 Å². The largest absolute Gasteiger partial charge is 0.487 e. The van der Waals surface area contributed by atoms with Gasteiger partial charge in [0.05, 0.1) is 16.4 Å². The minimum Gasteiger partial charge on any atom is -0.487 e. The van der Waals surface area contributed by atoms with Crippen molar-refractivity contribution in [3.05, 3.63) is 53.1 Å². The highest BCUT2D eigenvalue weighted by Crippen LogP contribution is 2.33. The van der Waals surface area contributed by atoms with Crippen LogP contribution in [0.25, 0.3) is 0 Å². The van der Waals surface area contributed by atoms with Crippen LogP contribution in [0, 0.1) is 0 Å². The van der Waals surface area contributed by atoms with E-state index in [1.165, 1.54) is 12.1 Å². The van der Waals surface area contributed by atoms with Crippen LogP contribution >= 0.6 is 11.6 Å². The number of aliphatic hydroxyl groups is 1. The van der Waals surface area contributed by atoms with E-state index in [1.54, 1.807) is 0 Å². The molecule has 0 radical (unpaired) electrons. The van der Waals surface area contributed by atoms with E-state index >= 15 is 0 Å². The molecule has 0 bridgehead atoms. The van der Waals surface area contributed by atoms with Crippen LogP contribution in [0.5, 0.6) is 5.75 Å². The van der Waals surface area contributed by atoms with Gasteiger partial charge < -0.3 is 20.9 Å². The van der Waals surface area contributed by atoms with Crippen LogP contribution in [0.15, 0.2) is 42.5 Å². The molecule has 0 aromatic heterocycles. The number of nitrogens with two attached hydrogens (primary N) is 1. The molecule has 2 aromatic carbocycles. The molecule has 110 valence electrons. The minimum absolute atomic E-state index is 0.310. The van der Waals surface area contributed by atoms with Crippen molar-refractivity contribution in [2.45, 2.75) is 6.61 Å². The number of hydrogen-bond acceptors (Lipinski definition) is 4. The Hall–Kier alpha value is -2.24. The predicted octanol–water partition coefficient (Wildman–Crippen LogP) is 2.43. The lowest BCUT2D eigenvalue weighted by atomic mass is 10.2. The number of anilines is 2. The summed E-state index contributed by atoms with van der Waals surface area (Å²) in [5.74, 6) is -0.129. The number of carbonyl (C=O) groups excluding carboxylic acids is 1. The summed E-state index contributed by atoms with van der Waals surface area (Å²) in [6.07, 6.45) is 0. The summed E-state index contributed by atoms with van der Waals surface area (Å²) in [5, 5.41) is 11.5. The Morgan fingerprint density at radius 2 is 2.00 bits per heavy atom. The van der Waals surface area contributed by atoms with E-state index in [4.69, 9.17) is 27.2 Å². The summed E-state index contributed by atoms with van der Waals surface area (Å²) >= 11 is 6.10. The molecule has 5 nitrogen and oxygen atoms in total. The van der Waals surface area contributed by atoms with E-state index < -0.39 is 12.5 Å². The number of carbonyl (C=O) groups is 1. The van der Waals surface area contributed by atoms with E-state index in [1.807, 2.05) is 30.3 Å². The first-order valence-electron chi connectivity index (χ1n) is 6.26. The van der Waals surface area contributed by atoms with Gasteiger partial charge in [0.2, 0.25) is 5.91 Å². The normalized spacial score (nSPS) is 10.2. The van der Waals surface area contributed by atoms with E-state index in [2.05, 4.69) is 5.32 Å². The second-order valence-corrected chi connectivity index (χ2v) is 4.76. The van der Waals surface area contributed by atoms with E-state index in [-0.39, 0.29) is 0 Å². The van der Waals surface area contributed by atoms with Crippen LogP contribution in [0.4, 0.5) is 11.4 Å². The molecule has 6 heteroatoms. The number of nitrogen functional groups attached to an aromatic ring is 1. The molecule has 2 rings (SSSR count). The van der Waals surface area contributed by atoms with Gasteiger partial charge in [-0.05, 0) is 11.6 Å². The fourth-order valence-electron chi connectivity index (χ4n) is 1.71. The molecule has 0 aliphatic carbocycles. The molecule has 0 aliphatic heterocycles. The van der Waals surface area contributed by atoms with E-state index in [9.17, 15) is 4.79 Å². The Bertz CT molecular complexity index is 632. The van der Waals surface area contributed by atoms with Gasteiger partial charge in [-0.3, -0.25) is 4.79 Å². The van der Waals surface area contributed by atoms with Crippen molar-refractivity contribution >= 4 is 28.9 Å². The van der Waals surface area contributed by atoms with Gasteiger partial charge in [-0.25, -0.2) is 0 Å². The molecule has 0 saturated carbocycles. The zero-order chi connectivity index (χ0) is 15.2. The standard InChI is InChI=1S/C15H15ClN2O3/c16-11-6-13(18-15(20)8-19)12(17)7-14(11)21-9-10-4-2-1-3-5-10/h1-7,19H,8-9,17H2,(H,18,20). The quantitative estimate of drug-likeness (QED) is 0.741. The summed E-state index contributed by atoms with van der Waals surface area (Å²) < 4.78 is 5.62. The topological polar surface area (TPSA) is 84.6 Å². The van der Waals surface area contributed by atoms with Crippen molar-refractivity contribution in [2.24, 2.45) is 0 Å². The molecule has 0 atom stereocenters. The van der Waals surface area contributed by atoms with Crippen molar-refractivity contribution in [3.63, 3.8) is 0 Å². The van der Waals surface area contributed by atoms with Gasteiger partial charge in [0.25, 0.3) is 0 Å². The lowest BCUT2D eigenvalue weighted by molar-refractivity contribution is -0.118. The number of amides is 1. The first-order chi connectivity index (χ1) is 10.1. The maximum atomic E-state index is 11.1. The van der Waals surface area contributed by atoms with Crippen LogP contribution in [-0.2, 0) is 11.4 Å². The van der Waals surface area contributed by atoms with Gasteiger partial charge >= 0.3 is 0 Å². The minimum atomic E-state index is -0.622. The average Bonchev–Trinajstić information content (AvgIpc) is 2.50. The monoisotopic (exact) mass is 306 g/mol. The van der Waals surface area contributed by atoms with Crippen molar-refractivity contribution in [1.82, 2.24) is 0 Å². The third kappa shape index (κ3) is 4.11. The van der Waals surface area contributed by atoms with Gasteiger partial charge in [0.1, 0.15) is 19.0 Å². The SMILES string of the molecule is Nc1cc(OCc2ccccc2)c(Cl)cc1NC(=O)CO. The summed E-state index contributed by atoms with van der Waals surface area (Å²) in [7, 11) is 0. The number of rotatable bonds is 5. The van der Waals surface area contributed by atoms with Crippen LogP contribution in [-0.4, -0.2) is 17.6 Å². The number of ether oxygens (including phenoxy) is 1. The summed E-state index contributed by atoms with van der Waals surface area (Å²) in [6, 6.07) is 12.7. The Balaban J connectivity index is 2.11. The molecule has 0 spiro atoms. The zero-order valence-electron chi connectivity index (χ0n) is 11.2. The Morgan fingerprint density at radius 3 is 2.67 bits per heavy atom. The molecule has 0 heterocycles. The summed E-state index contributed by atoms with van der Waals surface area (Å²) in [6.45, 7) is -0.258. The van der Waals surface area contributed by atoms with Gasteiger partial charge in [0.15, 0.2) is 0 Å². The Kier molecular flexibility index (Phi) is 5.03. The zero-order valence-corrected chi connectivity index (χ0v) is 11.9. The fourth-order valence-corrected chi connectivity index (χ4v) is 1.93. The molecular weight excluding hydrogens is 292 g/mol. The van der Waals surface area contributed by atoms with Crippen LogP contribution in [0.1, 0.15) is 5.56 Å². The van der Waals surface area contributed by atoms with Crippen molar-refractivity contribution in [2.75, 3.05) is 17.7 Å². The highest BCUT2D eigenvalue weighted by atomic mass is 35.5. The molecule has 0 unspecified atom stereocenters. The van der Waals surface area contributed by atoms with Crippen molar-refractivity contribution < 1.29 is 14.6 Å². The van der Waals surface area contributed by atoms with Gasteiger partial charge in [-0.15, -0.1) is 0 Å². The third-order valence-electron chi connectivity index (χ3n) is 2.76. The Morgan fingerprint density at radius 1 is 1.29 bits per heavy atom. The third-order valence-corrected chi connectivity index (χ3v) is 3.05. The Labute approximate surface area is 127 Å². The first-order valence-corrected chi connectivity index (χ1v) is 6.64. The molecule has 0 aliphatic rings. The van der Waals surface area contributed by atoms with Gasteiger partial charge in [-0.1, -0.05) is 41.9 Å². The molecule has 0 fully saturated rings. The van der Waals surface area contributed by atoms with Crippen LogP contribution in [0.3, 0.4) is 0 Å². The number of benzene rings is 2. The molecule has 21 heavy (non-hydrogen) atoms. The number of nitrogens with one attached hydrogen (secondary N) is 1. The first kappa shape index (κ1) is 15.2. The molecule has 0 saturated heterocycles. The second kappa shape index (κ2) is 6.97. The highest BCUT2D eigenvalue weighted by molar-refractivity contribution is 6.32. The maximum Gasteiger partial charge on any atom is 0.250 e. The van der Waals surface area contributed by atoms with E-state index in [0.717, 1.165) is 5.56 Å². The lowest BCUT2D eigenvalue weighted by Crippen LogP contribution is -2.16. The van der Waals surface area contributed by atoms with Crippen LogP contribution in [0.2, 0.25) is 5.02 Å². The number of hydrogen-bond donors (Lipinski definition) is 3. The molecule has 4 N–H and O–H groups in total. The van der Waals surface area contributed by atoms with Crippen LogP contribution < -0.4 is 15.8 Å². The van der Waals surface area contributed by atoms with Crippen molar-refractivity contribution in [3.8, 4) is 5.75 Å². The van der Waals surface area contributed by atoms with Gasteiger partial charge in [-0.2, -0.15) is 0 Å². The van der Waals surface area contributed by atoms with Gasteiger partial charge in [0, 0.05) is 6.07 Å². The summed E-state index contributed by atoms with van der Waals surface area (Å²) in [4.78, 5) is 11.1. The predicted molar refractivity (Wildman–Crippen MR) is 82.4 cm³/mol. The lowest BCUT2D eigenvalue weighted by Gasteiger charge is -2.12. The number of halogens is 1. The fraction of sp³-hybridized carbons (Fsp3) is 0.133. The summed E-state index contributed by atoms with van der Waals surface area (Å²) in [5.41, 5.74) is 7.48.